The van der Waals surface area contributed by atoms with Crippen molar-refractivity contribution in [1.82, 2.24) is 15.1 Å². The number of nitrogens with zero attached hydrogens (tertiary/aromatic N) is 2. The Hall–Kier alpha value is -3.53. The molecule has 0 bridgehead atoms. The van der Waals surface area contributed by atoms with Crippen LogP contribution in [-0.4, -0.2) is 34.0 Å². The SMILES string of the molecule is COc1c(F)ccc2c1C(C)(C)CC(O)C2NC(=O)c1cnn(-c2ccc(F)cc2F)c1N. The standard InChI is InChI=1S/C23H23F3N4O3/c1-23(2)9-17(31)19(12-5-6-14(25)20(33-3)18(12)23)29-22(32)13-10-28-30(21(13)27)16-7-4-11(24)8-15(16)26/h4-8,10,17,19,31H,9,27H2,1-3H3,(H,29,32). The number of amides is 1. The van der Waals surface area contributed by atoms with Gasteiger partial charge >= 0.3 is 0 Å². The molecule has 10 heteroatoms. The largest absolute Gasteiger partial charge is 0.493 e. The van der Waals surface area contributed by atoms with Crippen molar-refractivity contribution in [2.24, 2.45) is 0 Å². The van der Waals surface area contributed by atoms with Gasteiger partial charge in [0.15, 0.2) is 17.4 Å². The van der Waals surface area contributed by atoms with E-state index in [-0.39, 0.29) is 29.2 Å². The van der Waals surface area contributed by atoms with Gasteiger partial charge in [0.25, 0.3) is 5.91 Å². The molecule has 1 amide bonds. The summed E-state index contributed by atoms with van der Waals surface area (Å²) in [5, 5.41) is 17.5. The number of fused-ring (bicyclic) bond motifs is 1. The highest BCUT2D eigenvalue weighted by molar-refractivity contribution is 5.98. The molecule has 7 nitrogen and oxygen atoms in total. The average Bonchev–Trinajstić information content (AvgIpc) is 3.12. The molecule has 0 fully saturated rings. The summed E-state index contributed by atoms with van der Waals surface area (Å²) in [6.07, 6.45) is 0.413. The summed E-state index contributed by atoms with van der Waals surface area (Å²) in [6.45, 7) is 3.71. The van der Waals surface area contributed by atoms with E-state index < -0.39 is 40.9 Å². The Bertz CT molecular complexity index is 1240. The Morgan fingerprint density at radius 2 is 1.97 bits per heavy atom. The highest BCUT2D eigenvalue weighted by atomic mass is 19.1. The molecule has 174 valence electrons. The highest BCUT2D eigenvalue weighted by Gasteiger charge is 2.42. The number of benzene rings is 2. The van der Waals surface area contributed by atoms with E-state index in [0.717, 1.165) is 23.0 Å². The Balaban J connectivity index is 1.69. The van der Waals surface area contributed by atoms with E-state index in [1.807, 2.05) is 13.8 Å². The minimum atomic E-state index is -0.975. The number of ether oxygens (including phenoxy) is 1. The lowest BCUT2D eigenvalue weighted by Gasteiger charge is -2.41. The van der Waals surface area contributed by atoms with E-state index in [0.29, 0.717) is 17.2 Å². The normalized spacial score (nSPS) is 19.1. The fourth-order valence-corrected chi connectivity index (χ4v) is 4.45. The van der Waals surface area contributed by atoms with Crippen molar-refractivity contribution in [3.8, 4) is 11.4 Å². The molecule has 1 aromatic heterocycles. The summed E-state index contributed by atoms with van der Waals surface area (Å²) in [4.78, 5) is 13.0. The lowest BCUT2D eigenvalue weighted by Crippen LogP contribution is -2.44. The molecule has 2 aromatic carbocycles. The number of nitrogens with one attached hydrogen (secondary N) is 1. The number of rotatable bonds is 4. The molecule has 2 unspecified atom stereocenters. The molecule has 3 aromatic rings. The van der Waals surface area contributed by atoms with Crippen LogP contribution in [0.5, 0.6) is 5.75 Å². The Kier molecular flexibility index (Phi) is 5.57. The van der Waals surface area contributed by atoms with Gasteiger partial charge in [-0.2, -0.15) is 5.10 Å². The number of aliphatic hydroxyl groups excluding tert-OH is 1. The Morgan fingerprint density at radius 3 is 2.64 bits per heavy atom. The van der Waals surface area contributed by atoms with Crippen LogP contribution in [0.3, 0.4) is 0 Å². The van der Waals surface area contributed by atoms with Gasteiger partial charge < -0.3 is 20.9 Å². The minimum Gasteiger partial charge on any atom is -0.493 e. The molecule has 4 rings (SSSR count). The van der Waals surface area contributed by atoms with Crippen molar-refractivity contribution in [2.45, 2.75) is 37.8 Å². The third kappa shape index (κ3) is 3.80. The predicted octanol–water partition coefficient (Wildman–Crippen LogP) is 3.39. The summed E-state index contributed by atoms with van der Waals surface area (Å²) in [5.41, 5.74) is 6.29. The van der Waals surface area contributed by atoms with Crippen LogP contribution in [0.15, 0.2) is 36.5 Å². The fraction of sp³-hybridized carbons (Fsp3) is 0.304. The summed E-state index contributed by atoms with van der Waals surface area (Å²) in [5.74, 6) is -2.98. The topological polar surface area (TPSA) is 102 Å². The zero-order valence-corrected chi connectivity index (χ0v) is 18.2. The lowest BCUT2D eigenvalue weighted by molar-refractivity contribution is 0.0682. The molecule has 0 saturated heterocycles. The first-order valence-corrected chi connectivity index (χ1v) is 10.2. The van der Waals surface area contributed by atoms with Gasteiger partial charge in [0.2, 0.25) is 0 Å². The second-order valence-electron chi connectivity index (χ2n) is 8.60. The van der Waals surface area contributed by atoms with Crippen LogP contribution in [-0.2, 0) is 5.41 Å². The molecule has 0 aliphatic heterocycles. The van der Waals surface area contributed by atoms with Gasteiger partial charge in [-0.3, -0.25) is 4.79 Å². The van der Waals surface area contributed by atoms with E-state index in [9.17, 15) is 23.1 Å². The lowest BCUT2D eigenvalue weighted by atomic mass is 9.69. The number of halogens is 3. The number of anilines is 1. The van der Waals surface area contributed by atoms with Gasteiger partial charge in [-0.25, -0.2) is 17.9 Å². The number of methoxy groups -OCH3 is 1. The van der Waals surface area contributed by atoms with Crippen molar-refractivity contribution in [2.75, 3.05) is 12.8 Å². The third-order valence-electron chi connectivity index (χ3n) is 5.94. The van der Waals surface area contributed by atoms with Crippen LogP contribution >= 0.6 is 0 Å². The second kappa shape index (κ2) is 8.11. The number of hydrogen-bond acceptors (Lipinski definition) is 5. The summed E-state index contributed by atoms with van der Waals surface area (Å²) >= 11 is 0. The van der Waals surface area contributed by atoms with Crippen molar-refractivity contribution >= 4 is 11.7 Å². The van der Waals surface area contributed by atoms with Crippen LogP contribution in [0.2, 0.25) is 0 Å². The van der Waals surface area contributed by atoms with Gasteiger partial charge in [0.05, 0.1) is 25.5 Å². The first-order valence-electron chi connectivity index (χ1n) is 10.2. The summed E-state index contributed by atoms with van der Waals surface area (Å²) in [6, 6.07) is 4.72. The summed E-state index contributed by atoms with van der Waals surface area (Å²) < 4.78 is 48.0. The molecule has 4 N–H and O–H groups in total. The minimum absolute atomic E-state index is 0.0581. The highest BCUT2D eigenvalue weighted by Crippen LogP contribution is 2.47. The maximum atomic E-state index is 14.4. The van der Waals surface area contributed by atoms with Gasteiger partial charge in [-0.15, -0.1) is 0 Å². The molecule has 33 heavy (non-hydrogen) atoms. The number of aromatic nitrogens is 2. The first kappa shape index (κ1) is 22.7. The van der Waals surface area contributed by atoms with Crippen LogP contribution in [0.1, 0.15) is 47.8 Å². The number of nitrogen functional groups attached to an aromatic ring is 1. The van der Waals surface area contributed by atoms with Crippen molar-refractivity contribution in [1.29, 1.82) is 0 Å². The zero-order chi connectivity index (χ0) is 24.1. The van der Waals surface area contributed by atoms with Crippen LogP contribution < -0.4 is 15.8 Å². The Morgan fingerprint density at radius 1 is 1.24 bits per heavy atom. The third-order valence-corrected chi connectivity index (χ3v) is 5.94. The monoisotopic (exact) mass is 460 g/mol. The fourth-order valence-electron chi connectivity index (χ4n) is 4.45. The number of nitrogens with two attached hydrogens (primary N) is 1. The van der Waals surface area contributed by atoms with E-state index in [2.05, 4.69) is 10.4 Å². The van der Waals surface area contributed by atoms with E-state index in [1.165, 1.54) is 19.2 Å². The predicted molar refractivity (Wildman–Crippen MR) is 115 cm³/mol. The van der Waals surface area contributed by atoms with E-state index in [4.69, 9.17) is 10.5 Å². The number of aliphatic hydroxyl groups is 1. The first-order chi connectivity index (χ1) is 15.5. The number of hydrogen-bond donors (Lipinski definition) is 3. The quantitative estimate of drug-likeness (QED) is 0.554. The van der Waals surface area contributed by atoms with E-state index in [1.54, 1.807) is 0 Å². The number of carbonyl (C=O) groups is 1. The van der Waals surface area contributed by atoms with Crippen molar-refractivity contribution in [3.05, 3.63) is 70.7 Å². The van der Waals surface area contributed by atoms with Crippen molar-refractivity contribution in [3.63, 3.8) is 0 Å². The van der Waals surface area contributed by atoms with E-state index >= 15 is 0 Å². The van der Waals surface area contributed by atoms with Crippen molar-refractivity contribution < 1.29 is 27.8 Å². The van der Waals surface area contributed by atoms with Crippen LogP contribution in [0, 0.1) is 17.5 Å². The molecule has 0 saturated carbocycles. The zero-order valence-electron chi connectivity index (χ0n) is 18.2. The van der Waals surface area contributed by atoms with Gasteiger partial charge in [0, 0.05) is 11.6 Å². The van der Waals surface area contributed by atoms with Gasteiger partial charge in [-0.05, 0) is 35.6 Å². The molecular weight excluding hydrogens is 437 g/mol. The molecule has 1 aliphatic rings. The Labute approximate surface area is 188 Å². The molecule has 2 atom stereocenters. The van der Waals surface area contributed by atoms with Gasteiger partial charge in [0.1, 0.15) is 22.9 Å². The molecule has 0 spiro atoms. The molecule has 0 radical (unpaired) electrons. The van der Waals surface area contributed by atoms with Crippen LogP contribution in [0.4, 0.5) is 19.0 Å². The molecule has 1 heterocycles. The maximum Gasteiger partial charge on any atom is 0.257 e. The second-order valence-corrected chi connectivity index (χ2v) is 8.60. The molecular formula is C23H23F3N4O3. The number of carbonyl (C=O) groups excluding carboxylic acids is 1. The summed E-state index contributed by atoms with van der Waals surface area (Å²) in [7, 11) is 1.36. The van der Waals surface area contributed by atoms with Crippen LogP contribution in [0.25, 0.3) is 5.69 Å². The average molecular weight is 460 g/mol. The van der Waals surface area contributed by atoms with Gasteiger partial charge in [-0.1, -0.05) is 19.9 Å². The smallest absolute Gasteiger partial charge is 0.257 e. The maximum absolute atomic E-state index is 14.4. The molecule has 1 aliphatic carbocycles.